The third-order valence-corrected chi connectivity index (χ3v) is 8.60. The minimum Gasteiger partial charge on any atom is -0.494 e. The Hall–Kier alpha value is -2.95. The second-order valence-corrected chi connectivity index (χ2v) is 11.2. The molecule has 0 bridgehead atoms. The first kappa shape index (κ1) is 26.1. The molecule has 0 spiro atoms. The van der Waals surface area contributed by atoms with Crippen molar-refractivity contribution in [3.63, 3.8) is 0 Å². The van der Waals surface area contributed by atoms with E-state index in [0.717, 1.165) is 13.1 Å². The highest BCUT2D eigenvalue weighted by Gasteiger charge is 2.33. The van der Waals surface area contributed by atoms with E-state index in [9.17, 15) is 18.0 Å². The molecule has 1 unspecified atom stereocenters. The molecule has 2 aliphatic heterocycles. The standard InChI is InChI=1S/C26H34N4O5S/c1-3-35-23-10-12-24(13-11-23)36(33,34)30-14-4-5-21(19-30)25(31)27-22-8-6-20(7-9-22)26(32)29-17-15-28(2)16-18-29/h6-13,21H,3-5,14-19H2,1-2H3,(H,27,31). The lowest BCUT2D eigenvalue weighted by molar-refractivity contribution is -0.120. The number of carbonyl (C=O) groups excluding carboxylic acids is 2. The fourth-order valence-electron chi connectivity index (χ4n) is 4.53. The Kier molecular flexibility index (Phi) is 8.28. The zero-order valence-corrected chi connectivity index (χ0v) is 21.7. The Morgan fingerprint density at radius 2 is 1.64 bits per heavy atom. The highest BCUT2D eigenvalue weighted by molar-refractivity contribution is 7.89. The van der Waals surface area contributed by atoms with Gasteiger partial charge < -0.3 is 19.9 Å². The summed E-state index contributed by atoms with van der Waals surface area (Å²) in [5, 5.41) is 2.89. The van der Waals surface area contributed by atoms with Crippen LogP contribution in [0.1, 0.15) is 30.1 Å². The van der Waals surface area contributed by atoms with E-state index in [-0.39, 0.29) is 23.3 Å². The molecule has 1 N–H and O–H groups in total. The van der Waals surface area contributed by atoms with E-state index >= 15 is 0 Å². The summed E-state index contributed by atoms with van der Waals surface area (Å²) in [5.74, 6) is -0.0744. The number of benzene rings is 2. The molecule has 9 nitrogen and oxygen atoms in total. The van der Waals surface area contributed by atoms with Crippen molar-refractivity contribution in [2.75, 3.05) is 58.2 Å². The van der Waals surface area contributed by atoms with Crippen molar-refractivity contribution < 1.29 is 22.7 Å². The lowest BCUT2D eigenvalue weighted by Gasteiger charge is -2.32. The Morgan fingerprint density at radius 3 is 2.28 bits per heavy atom. The van der Waals surface area contributed by atoms with Crippen LogP contribution in [0.2, 0.25) is 0 Å². The van der Waals surface area contributed by atoms with Gasteiger partial charge in [0.25, 0.3) is 5.91 Å². The van der Waals surface area contributed by atoms with Gasteiger partial charge in [-0.3, -0.25) is 9.59 Å². The Balaban J connectivity index is 1.36. The predicted octanol–water partition coefficient (Wildman–Crippen LogP) is 2.51. The molecule has 2 fully saturated rings. The van der Waals surface area contributed by atoms with Gasteiger partial charge in [-0.05, 0) is 75.3 Å². The third kappa shape index (κ3) is 6.05. The summed E-state index contributed by atoms with van der Waals surface area (Å²) in [4.78, 5) is 29.9. The van der Waals surface area contributed by atoms with E-state index in [2.05, 4.69) is 10.2 Å². The molecule has 10 heteroatoms. The first-order valence-electron chi connectivity index (χ1n) is 12.4. The number of sulfonamides is 1. The van der Waals surface area contributed by atoms with Gasteiger partial charge in [0.1, 0.15) is 5.75 Å². The number of likely N-dealkylation sites (N-methyl/N-ethyl adjacent to an activating group) is 1. The largest absolute Gasteiger partial charge is 0.494 e. The van der Waals surface area contributed by atoms with E-state index in [1.165, 1.54) is 16.4 Å². The molecule has 0 radical (unpaired) electrons. The first-order chi connectivity index (χ1) is 17.3. The molecule has 194 valence electrons. The molecule has 2 heterocycles. The van der Waals surface area contributed by atoms with Gasteiger partial charge in [0.05, 0.1) is 17.4 Å². The van der Waals surface area contributed by atoms with Crippen LogP contribution < -0.4 is 10.1 Å². The topological polar surface area (TPSA) is 99.3 Å². The molecule has 0 aliphatic carbocycles. The number of ether oxygens (including phenoxy) is 1. The number of piperazine rings is 1. The van der Waals surface area contributed by atoms with Crippen molar-refractivity contribution >= 4 is 27.5 Å². The maximum atomic E-state index is 13.1. The number of carbonyl (C=O) groups is 2. The van der Waals surface area contributed by atoms with Crippen LogP contribution in [0.3, 0.4) is 0 Å². The minimum atomic E-state index is -3.71. The Labute approximate surface area is 213 Å². The molecular formula is C26H34N4O5S. The molecule has 0 saturated carbocycles. The maximum absolute atomic E-state index is 13.1. The van der Waals surface area contributed by atoms with Crippen molar-refractivity contribution in [3.8, 4) is 5.75 Å². The average molecular weight is 515 g/mol. The van der Waals surface area contributed by atoms with Crippen LogP contribution in [0.5, 0.6) is 5.75 Å². The van der Waals surface area contributed by atoms with E-state index in [1.54, 1.807) is 36.4 Å². The zero-order valence-electron chi connectivity index (χ0n) is 20.9. The number of amides is 2. The number of piperidine rings is 1. The van der Waals surface area contributed by atoms with Crippen molar-refractivity contribution in [1.82, 2.24) is 14.1 Å². The van der Waals surface area contributed by atoms with Crippen molar-refractivity contribution in [2.24, 2.45) is 5.92 Å². The van der Waals surface area contributed by atoms with Crippen molar-refractivity contribution in [3.05, 3.63) is 54.1 Å². The van der Waals surface area contributed by atoms with Gasteiger partial charge in [-0.1, -0.05) is 0 Å². The number of nitrogens with one attached hydrogen (secondary N) is 1. The second-order valence-electron chi connectivity index (χ2n) is 9.27. The minimum absolute atomic E-state index is 0.0107. The highest BCUT2D eigenvalue weighted by Crippen LogP contribution is 2.26. The zero-order chi connectivity index (χ0) is 25.7. The van der Waals surface area contributed by atoms with Crippen LogP contribution in [0, 0.1) is 5.92 Å². The molecular weight excluding hydrogens is 480 g/mol. The fraction of sp³-hybridized carbons (Fsp3) is 0.462. The van der Waals surface area contributed by atoms with Gasteiger partial charge in [-0.2, -0.15) is 4.31 Å². The van der Waals surface area contributed by atoms with E-state index < -0.39 is 15.9 Å². The summed E-state index contributed by atoms with van der Waals surface area (Å²) >= 11 is 0. The molecule has 2 aromatic carbocycles. The Morgan fingerprint density at radius 1 is 0.972 bits per heavy atom. The highest BCUT2D eigenvalue weighted by atomic mass is 32.2. The van der Waals surface area contributed by atoms with Crippen LogP contribution in [-0.2, 0) is 14.8 Å². The molecule has 2 amide bonds. The summed E-state index contributed by atoms with van der Waals surface area (Å²) < 4.78 is 33.1. The van der Waals surface area contributed by atoms with Gasteiger partial charge in [-0.25, -0.2) is 8.42 Å². The number of hydrogen-bond acceptors (Lipinski definition) is 6. The molecule has 2 aliphatic rings. The Bertz CT molecular complexity index is 1160. The number of rotatable bonds is 7. The van der Waals surface area contributed by atoms with Crippen LogP contribution in [-0.4, -0.2) is 87.3 Å². The fourth-order valence-corrected chi connectivity index (χ4v) is 6.05. The lowest BCUT2D eigenvalue weighted by atomic mass is 9.98. The van der Waals surface area contributed by atoms with Gasteiger partial charge in [0, 0.05) is 50.5 Å². The monoisotopic (exact) mass is 514 g/mol. The molecule has 2 aromatic rings. The van der Waals surface area contributed by atoms with Gasteiger partial charge in [0.15, 0.2) is 0 Å². The number of nitrogens with zero attached hydrogens (tertiary/aromatic N) is 3. The molecule has 36 heavy (non-hydrogen) atoms. The quantitative estimate of drug-likeness (QED) is 0.610. The summed E-state index contributed by atoms with van der Waals surface area (Å²) in [5.41, 5.74) is 1.17. The second kappa shape index (κ2) is 11.4. The molecule has 2 saturated heterocycles. The molecule has 1 atom stereocenters. The number of anilines is 1. The van der Waals surface area contributed by atoms with E-state index in [4.69, 9.17) is 4.74 Å². The maximum Gasteiger partial charge on any atom is 0.253 e. The van der Waals surface area contributed by atoms with Crippen LogP contribution >= 0.6 is 0 Å². The van der Waals surface area contributed by atoms with E-state index in [0.29, 0.717) is 56.1 Å². The lowest BCUT2D eigenvalue weighted by Crippen LogP contribution is -2.47. The number of hydrogen-bond donors (Lipinski definition) is 1. The van der Waals surface area contributed by atoms with E-state index in [1.807, 2.05) is 18.9 Å². The van der Waals surface area contributed by atoms with Crippen LogP contribution in [0.15, 0.2) is 53.4 Å². The van der Waals surface area contributed by atoms with Crippen molar-refractivity contribution in [1.29, 1.82) is 0 Å². The van der Waals surface area contributed by atoms with Gasteiger partial charge in [0.2, 0.25) is 15.9 Å². The van der Waals surface area contributed by atoms with Crippen LogP contribution in [0.25, 0.3) is 0 Å². The average Bonchev–Trinajstić information content (AvgIpc) is 2.90. The smallest absolute Gasteiger partial charge is 0.253 e. The third-order valence-electron chi connectivity index (χ3n) is 6.72. The van der Waals surface area contributed by atoms with Gasteiger partial charge in [-0.15, -0.1) is 0 Å². The first-order valence-corrected chi connectivity index (χ1v) is 13.8. The van der Waals surface area contributed by atoms with Crippen LogP contribution in [0.4, 0.5) is 5.69 Å². The summed E-state index contributed by atoms with van der Waals surface area (Å²) in [6.45, 7) is 5.98. The molecule has 0 aromatic heterocycles. The SMILES string of the molecule is CCOc1ccc(S(=O)(=O)N2CCCC(C(=O)Nc3ccc(C(=O)N4CCN(C)CC4)cc3)C2)cc1. The van der Waals surface area contributed by atoms with Crippen molar-refractivity contribution in [2.45, 2.75) is 24.7 Å². The summed E-state index contributed by atoms with van der Waals surface area (Å²) in [6, 6.07) is 13.2. The molecule has 4 rings (SSSR count). The van der Waals surface area contributed by atoms with Gasteiger partial charge >= 0.3 is 0 Å². The summed E-state index contributed by atoms with van der Waals surface area (Å²) in [7, 11) is -1.67. The predicted molar refractivity (Wildman–Crippen MR) is 138 cm³/mol. The summed E-state index contributed by atoms with van der Waals surface area (Å²) in [6.07, 6.45) is 1.22. The normalized spacial score (nSPS) is 19.6.